The van der Waals surface area contributed by atoms with Crippen molar-refractivity contribution >= 4 is 11.6 Å². The topological polar surface area (TPSA) is 76.5 Å². The van der Waals surface area contributed by atoms with E-state index in [1.165, 1.54) is 32.1 Å². The molecule has 0 N–H and O–H groups in total. The van der Waals surface area contributed by atoms with Gasteiger partial charge in [0.1, 0.15) is 11.8 Å². The first kappa shape index (κ1) is 23.5. The van der Waals surface area contributed by atoms with E-state index in [1.54, 1.807) is 6.20 Å². The third kappa shape index (κ3) is 6.08. The van der Waals surface area contributed by atoms with Crippen LogP contribution in [0.5, 0.6) is 5.88 Å². The molecule has 1 aromatic heterocycles. The van der Waals surface area contributed by atoms with Crippen LogP contribution in [0.2, 0.25) is 0 Å². The van der Waals surface area contributed by atoms with E-state index < -0.39 is 0 Å². The third-order valence-electron chi connectivity index (χ3n) is 7.88. The zero-order chi connectivity index (χ0) is 23.2. The molecule has 3 aliphatic carbocycles. The lowest BCUT2D eigenvalue weighted by Gasteiger charge is -2.40. The Hall–Kier alpha value is -2.19. The van der Waals surface area contributed by atoms with Crippen LogP contribution in [0.25, 0.3) is 0 Å². The molecule has 6 rings (SSSR count). The predicted octanol–water partition coefficient (Wildman–Crippen LogP) is 3.10. The summed E-state index contributed by atoms with van der Waals surface area (Å²) < 4.78 is 11.2. The molecule has 1 atom stereocenters. The molecular formula is C26H38N4O4. The zero-order valence-electron chi connectivity index (χ0n) is 20.2. The largest absolute Gasteiger partial charge is 0.468 e. The maximum atomic E-state index is 12.4. The molecule has 0 aromatic carbocycles. The van der Waals surface area contributed by atoms with Crippen molar-refractivity contribution < 1.29 is 19.1 Å². The molecule has 3 saturated carbocycles. The molecular weight excluding hydrogens is 432 g/mol. The molecule has 186 valence electrons. The maximum Gasteiger partial charge on any atom is 0.260 e. The molecule has 5 fully saturated rings. The molecule has 2 aliphatic heterocycles. The van der Waals surface area contributed by atoms with Crippen molar-refractivity contribution in [2.24, 2.45) is 17.0 Å². The number of piperidine rings is 1. The number of hydrogen-bond acceptors (Lipinski definition) is 7. The van der Waals surface area contributed by atoms with Gasteiger partial charge in [-0.25, -0.2) is 4.98 Å². The minimum Gasteiger partial charge on any atom is -0.468 e. The Kier molecular flexibility index (Phi) is 7.96. The quantitative estimate of drug-likeness (QED) is 0.429. The van der Waals surface area contributed by atoms with Crippen molar-refractivity contribution in [2.75, 3.05) is 52.5 Å². The third-order valence-corrected chi connectivity index (χ3v) is 7.88. The van der Waals surface area contributed by atoms with E-state index in [9.17, 15) is 4.79 Å². The normalized spacial score (nSPS) is 28.1. The maximum absolute atomic E-state index is 12.4. The number of pyridine rings is 1. The van der Waals surface area contributed by atoms with Crippen LogP contribution in [0, 0.1) is 11.8 Å². The molecule has 0 radical (unpaired) electrons. The van der Waals surface area contributed by atoms with Crippen LogP contribution < -0.4 is 4.74 Å². The van der Waals surface area contributed by atoms with E-state index in [4.69, 9.17) is 14.3 Å². The van der Waals surface area contributed by atoms with E-state index in [2.05, 4.69) is 15.0 Å². The molecule has 3 heterocycles. The van der Waals surface area contributed by atoms with Crippen LogP contribution in [0.3, 0.4) is 0 Å². The summed E-state index contributed by atoms with van der Waals surface area (Å²) in [5.74, 6) is 1.95. The van der Waals surface area contributed by atoms with E-state index >= 15 is 0 Å². The van der Waals surface area contributed by atoms with Crippen molar-refractivity contribution in [3.8, 4) is 5.88 Å². The standard InChI is InChI=1S/C26H38N4O4/c31-26(30-10-2-1-3-11-30)19-33-25-9-8-22(17-27-25)23(18-29-12-14-32-15-13-29)28-34-24-16-20-4-6-21(24)7-5-20/h8-9,17,20-21,24H,1-7,10-16,18-19H2/b28-23-. The molecule has 1 aromatic rings. The number of fused-ring (bicyclic) bond motifs is 3. The molecule has 2 saturated heterocycles. The smallest absolute Gasteiger partial charge is 0.260 e. The average Bonchev–Trinajstić information content (AvgIpc) is 2.92. The van der Waals surface area contributed by atoms with Gasteiger partial charge < -0.3 is 19.2 Å². The summed E-state index contributed by atoms with van der Waals surface area (Å²) in [5, 5.41) is 4.69. The number of amides is 1. The molecule has 5 aliphatic rings. The van der Waals surface area contributed by atoms with Crippen LogP contribution in [0.1, 0.15) is 56.9 Å². The van der Waals surface area contributed by atoms with E-state index in [0.29, 0.717) is 18.3 Å². The molecule has 0 spiro atoms. The molecule has 2 bridgehead atoms. The van der Waals surface area contributed by atoms with Gasteiger partial charge in [0.15, 0.2) is 6.61 Å². The van der Waals surface area contributed by atoms with Crippen molar-refractivity contribution in [2.45, 2.75) is 57.5 Å². The first-order chi connectivity index (χ1) is 16.7. The Bertz CT molecular complexity index is 826. The summed E-state index contributed by atoms with van der Waals surface area (Å²) in [6.45, 7) is 5.68. The van der Waals surface area contributed by atoms with Gasteiger partial charge >= 0.3 is 0 Å². The van der Waals surface area contributed by atoms with Gasteiger partial charge in [-0.05, 0) is 69.3 Å². The lowest BCUT2D eigenvalue weighted by atomic mass is 9.69. The van der Waals surface area contributed by atoms with Gasteiger partial charge in [-0.3, -0.25) is 9.69 Å². The van der Waals surface area contributed by atoms with Gasteiger partial charge in [0.2, 0.25) is 5.88 Å². The summed E-state index contributed by atoms with van der Waals surface area (Å²) >= 11 is 0. The summed E-state index contributed by atoms with van der Waals surface area (Å²) in [6.07, 6.45) is 11.8. The highest BCUT2D eigenvalue weighted by Crippen LogP contribution is 2.42. The minimum absolute atomic E-state index is 0.0361. The number of nitrogens with zero attached hydrogens (tertiary/aromatic N) is 4. The number of hydrogen-bond donors (Lipinski definition) is 0. The number of carbonyl (C=O) groups is 1. The summed E-state index contributed by atoms with van der Waals surface area (Å²) in [7, 11) is 0. The van der Waals surface area contributed by atoms with Crippen molar-refractivity contribution in [1.82, 2.24) is 14.8 Å². The SMILES string of the molecule is O=C(COc1ccc(/C(CN2CCOCC2)=N\OC2CC3CCC2CC3)cn1)N1CCCCC1. The predicted molar refractivity (Wildman–Crippen MR) is 129 cm³/mol. The molecule has 8 heteroatoms. The Morgan fingerprint density at radius 1 is 1.06 bits per heavy atom. The number of rotatable bonds is 8. The van der Waals surface area contributed by atoms with Crippen molar-refractivity contribution in [3.63, 3.8) is 0 Å². The highest BCUT2D eigenvalue weighted by molar-refractivity contribution is 6.01. The number of ether oxygens (including phenoxy) is 2. The first-order valence-electron chi connectivity index (χ1n) is 13.1. The van der Waals surface area contributed by atoms with Crippen LogP contribution in [0.4, 0.5) is 0 Å². The monoisotopic (exact) mass is 470 g/mol. The number of carbonyl (C=O) groups excluding carboxylic acids is 1. The molecule has 34 heavy (non-hydrogen) atoms. The summed E-state index contributed by atoms with van der Waals surface area (Å²) in [6, 6.07) is 3.81. The van der Waals surface area contributed by atoms with Crippen LogP contribution >= 0.6 is 0 Å². The average molecular weight is 471 g/mol. The molecule has 1 amide bonds. The number of aromatic nitrogens is 1. The fourth-order valence-electron chi connectivity index (χ4n) is 5.73. The zero-order valence-corrected chi connectivity index (χ0v) is 20.2. The fraction of sp³-hybridized carbons (Fsp3) is 0.731. The van der Waals surface area contributed by atoms with E-state index in [0.717, 1.165) is 75.8 Å². The van der Waals surface area contributed by atoms with Crippen LogP contribution in [-0.4, -0.2) is 85.1 Å². The second kappa shape index (κ2) is 11.5. The molecule has 8 nitrogen and oxygen atoms in total. The lowest BCUT2D eigenvalue weighted by molar-refractivity contribution is -0.134. The first-order valence-corrected chi connectivity index (χ1v) is 13.1. The Balaban J connectivity index is 1.22. The summed E-state index contributed by atoms with van der Waals surface area (Å²) in [5.41, 5.74) is 1.83. The second-order valence-electron chi connectivity index (χ2n) is 10.2. The van der Waals surface area contributed by atoms with Gasteiger partial charge in [0.05, 0.1) is 13.2 Å². The van der Waals surface area contributed by atoms with Crippen LogP contribution in [0.15, 0.2) is 23.5 Å². The fourth-order valence-corrected chi connectivity index (χ4v) is 5.73. The minimum atomic E-state index is 0.0361. The number of morpholine rings is 1. The number of oxime groups is 1. The van der Waals surface area contributed by atoms with Crippen LogP contribution in [-0.2, 0) is 14.4 Å². The summed E-state index contributed by atoms with van der Waals surface area (Å²) in [4.78, 5) is 27.3. The van der Waals surface area contributed by atoms with Gasteiger partial charge in [-0.2, -0.15) is 0 Å². The van der Waals surface area contributed by atoms with E-state index in [-0.39, 0.29) is 18.6 Å². The second-order valence-corrected chi connectivity index (χ2v) is 10.2. The highest BCUT2D eigenvalue weighted by Gasteiger charge is 2.37. The van der Waals surface area contributed by atoms with E-state index in [1.807, 2.05) is 17.0 Å². The Morgan fingerprint density at radius 2 is 1.85 bits per heavy atom. The van der Waals surface area contributed by atoms with Crippen molar-refractivity contribution in [1.29, 1.82) is 0 Å². The van der Waals surface area contributed by atoms with Gasteiger partial charge in [0, 0.05) is 50.6 Å². The van der Waals surface area contributed by atoms with Gasteiger partial charge in [-0.15, -0.1) is 0 Å². The van der Waals surface area contributed by atoms with Gasteiger partial charge in [0.25, 0.3) is 5.91 Å². The van der Waals surface area contributed by atoms with Crippen molar-refractivity contribution in [3.05, 3.63) is 23.9 Å². The Labute approximate surface area is 202 Å². The lowest BCUT2D eigenvalue weighted by Crippen LogP contribution is -2.40. The highest BCUT2D eigenvalue weighted by atomic mass is 16.6. The molecule has 1 unspecified atom stereocenters. The van der Waals surface area contributed by atoms with Gasteiger partial charge in [-0.1, -0.05) is 5.16 Å². The Morgan fingerprint density at radius 3 is 2.53 bits per heavy atom. The number of likely N-dealkylation sites (tertiary alicyclic amines) is 1.